The molecule has 26 heavy (non-hydrogen) atoms. The Labute approximate surface area is 157 Å². The van der Waals surface area contributed by atoms with Crippen LogP contribution in [0.5, 0.6) is 0 Å². The molecule has 6 nitrogen and oxygen atoms in total. The van der Waals surface area contributed by atoms with Gasteiger partial charge in [-0.05, 0) is 52.7 Å². The first-order valence-corrected chi connectivity index (χ1v) is 9.92. The van der Waals surface area contributed by atoms with E-state index in [-0.39, 0.29) is 0 Å². The van der Waals surface area contributed by atoms with Crippen LogP contribution in [0.3, 0.4) is 0 Å². The Kier molecular flexibility index (Phi) is 6.14. The lowest BCUT2D eigenvalue weighted by Crippen LogP contribution is -2.42. The molecule has 6 heteroatoms. The Morgan fingerprint density at radius 1 is 1.35 bits per heavy atom. The van der Waals surface area contributed by atoms with Gasteiger partial charge in [-0.2, -0.15) is 5.10 Å². The van der Waals surface area contributed by atoms with E-state index >= 15 is 0 Å². The number of hydrogen-bond donors (Lipinski definition) is 0. The minimum Gasteiger partial charge on any atom is -0.331 e. The van der Waals surface area contributed by atoms with Crippen molar-refractivity contribution < 1.29 is 0 Å². The summed E-state index contributed by atoms with van der Waals surface area (Å²) in [5.41, 5.74) is 1.36. The van der Waals surface area contributed by atoms with Crippen LogP contribution in [0.4, 0.5) is 0 Å². The minimum absolute atomic E-state index is 0.453. The van der Waals surface area contributed by atoms with Crippen LogP contribution in [0.25, 0.3) is 0 Å². The van der Waals surface area contributed by atoms with E-state index in [4.69, 9.17) is 0 Å². The van der Waals surface area contributed by atoms with Gasteiger partial charge in [-0.1, -0.05) is 6.92 Å². The van der Waals surface area contributed by atoms with Crippen LogP contribution in [0.2, 0.25) is 0 Å². The number of likely N-dealkylation sites (tertiary alicyclic amines) is 1. The summed E-state index contributed by atoms with van der Waals surface area (Å²) in [5.74, 6) is 1.78. The summed E-state index contributed by atoms with van der Waals surface area (Å²) in [6, 6.07) is 0.920. The van der Waals surface area contributed by atoms with Crippen molar-refractivity contribution in [3.8, 4) is 0 Å². The first kappa shape index (κ1) is 19.1. The molecule has 3 rings (SSSR count). The fourth-order valence-electron chi connectivity index (χ4n) is 4.42. The van der Waals surface area contributed by atoms with E-state index in [0.717, 1.165) is 25.5 Å². The lowest BCUT2D eigenvalue weighted by molar-refractivity contribution is 0.0741. The van der Waals surface area contributed by atoms with Gasteiger partial charge in [-0.15, -0.1) is 0 Å². The number of hydrogen-bond acceptors (Lipinski definition) is 4. The van der Waals surface area contributed by atoms with Gasteiger partial charge in [-0.25, -0.2) is 4.98 Å². The maximum atomic E-state index is 4.58. The highest BCUT2D eigenvalue weighted by Gasteiger charge is 2.33. The molecule has 1 saturated heterocycles. The van der Waals surface area contributed by atoms with E-state index in [0.29, 0.717) is 18.0 Å². The zero-order valence-electron chi connectivity index (χ0n) is 17.0. The molecule has 0 N–H and O–H groups in total. The third-order valence-electron chi connectivity index (χ3n) is 5.60. The molecule has 0 aromatic carbocycles. The second kappa shape index (κ2) is 8.35. The molecule has 2 aromatic rings. The smallest absolute Gasteiger partial charge is 0.123 e. The van der Waals surface area contributed by atoms with Crippen molar-refractivity contribution in [2.45, 2.75) is 52.2 Å². The van der Waals surface area contributed by atoms with Crippen LogP contribution in [0.15, 0.2) is 24.8 Å². The number of rotatable bonds is 7. The Hall–Kier alpha value is -1.66. The van der Waals surface area contributed by atoms with E-state index in [1.807, 2.05) is 17.9 Å². The molecule has 0 unspecified atom stereocenters. The average molecular weight is 359 g/mol. The first-order chi connectivity index (χ1) is 12.5. The van der Waals surface area contributed by atoms with Gasteiger partial charge in [0.1, 0.15) is 5.82 Å². The molecule has 0 aliphatic carbocycles. The lowest BCUT2D eigenvalue weighted by atomic mass is 9.85. The molecule has 3 heterocycles. The highest BCUT2D eigenvalue weighted by Crippen LogP contribution is 2.36. The normalized spacial score (nSPS) is 21.8. The average Bonchev–Trinajstić information content (AvgIpc) is 3.23. The van der Waals surface area contributed by atoms with Crippen molar-refractivity contribution >= 4 is 0 Å². The molecule has 0 radical (unpaired) electrons. The van der Waals surface area contributed by atoms with Gasteiger partial charge in [-0.3, -0.25) is 14.5 Å². The van der Waals surface area contributed by atoms with Crippen LogP contribution in [-0.2, 0) is 13.6 Å². The molecule has 0 spiro atoms. The van der Waals surface area contributed by atoms with Crippen LogP contribution >= 0.6 is 0 Å². The summed E-state index contributed by atoms with van der Waals surface area (Å²) in [4.78, 5) is 9.64. The van der Waals surface area contributed by atoms with E-state index in [1.54, 1.807) is 0 Å². The summed E-state index contributed by atoms with van der Waals surface area (Å²) >= 11 is 0. The third kappa shape index (κ3) is 4.18. The SMILES string of the molecule is CCN1CCC[C@@H](CN(C)Cc2nccn2C(C)C)[C@@H]1c1cnn(C)c1. The molecular formula is C20H34N6. The molecule has 144 valence electrons. The lowest BCUT2D eigenvalue weighted by Gasteiger charge is -2.42. The fourth-order valence-corrected chi connectivity index (χ4v) is 4.42. The summed E-state index contributed by atoms with van der Waals surface area (Å²) in [7, 11) is 4.24. The number of piperidine rings is 1. The standard InChI is InChI=1S/C20H34N6/c1-6-25-10-7-8-17(20(25)18-12-22-24(5)14-18)13-23(4)15-19-21-9-11-26(19)16(2)3/h9,11-12,14,16-17,20H,6-8,10,13,15H2,1-5H3/t17-,20+/m0/s1. The van der Waals surface area contributed by atoms with Crippen molar-refractivity contribution in [3.05, 3.63) is 36.2 Å². The largest absolute Gasteiger partial charge is 0.331 e. The second-order valence-electron chi connectivity index (χ2n) is 7.96. The molecule has 1 fully saturated rings. The number of imidazole rings is 1. The number of aryl methyl sites for hydroxylation is 1. The molecule has 0 amide bonds. The fraction of sp³-hybridized carbons (Fsp3) is 0.700. The molecular weight excluding hydrogens is 324 g/mol. The Morgan fingerprint density at radius 3 is 2.81 bits per heavy atom. The van der Waals surface area contributed by atoms with E-state index in [2.05, 4.69) is 70.9 Å². The summed E-state index contributed by atoms with van der Waals surface area (Å²) in [6.45, 7) is 11.0. The Balaban J connectivity index is 1.72. The Bertz CT molecular complexity index is 688. The van der Waals surface area contributed by atoms with Crippen molar-refractivity contribution in [1.82, 2.24) is 29.1 Å². The molecule has 1 aliphatic rings. The third-order valence-corrected chi connectivity index (χ3v) is 5.60. The maximum absolute atomic E-state index is 4.58. The minimum atomic E-state index is 0.453. The topological polar surface area (TPSA) is 42.1 Å². The molecule has 0 bridgehead atoms. The van der Waals surface area contributed by atoms with Crippen LogP contribution < -0.4 is 0 Å². The predicted molar refractivity (Wildman–Crippen MR) is 105 cm³/mol. The van der Waals surface area contributed by atoms with Crippen molar-refractivity contribution in [1.29, 1.82) is 0 Å². The van der Waals surface area contributed by atoms with Crippen molar-refractivity contribution in [3.63, 3.8) is 0 Å². The molecule has 1 aliphatic heterocycles. The highest BCUT2D eigenvalue weighted by molar-refractivity contribution is 5.13. The number of aromatic nitrogens is 4. The molecule has 0 saturated carbocycles. The summed E-state index contributed by atoms with van der Waals surface area (Å²) in [6.07, 6.45) is 10.8. The van der Waals surface area contributed by atoms with E-state index < -0.39 is 0 Å². The van der Waals surface area contributed by atoms with Gasteiger partial charge in [0.25, 0.3) is 0 Å². The van der Waals surface area contributed by atoms with Crippen LogP contribution in [0, 0.1) is 5.92 Å². The monoisotopic (exact) mass is 358 g/mol. The van der Waals surface area contributed by atoms with E-state index in [9.17, 15) is 0 Å². The van der Waals surface area contributed by atoms with Crippen molar-refractivity contribution in [2.24, 2.45) is 13.0 Å². The van der Waals surface area contributed by atoms with Gasteiger partial charge in [0.2, 0.25) is 0 Å². The zero-order valence-corrected chi connectivity index (χ0v) is 17.0. The number of nitrogens with zero attached hydrogens (tertiary/aromatic N) is 6. The Morgan fingerprint density at radius 2 is 2.15 bits per heavy atom. The van der Waals surface area contributed by atoms with Gasteiger partial charge in [0.15, 0.2) is 0 Å². The van der Waals surface area contributed by atoms with E-state index in [1.165, 1.54) is 24.9 Å². The summed E-state index contributed by atoms with van der Waals surface area (Å²) in [5, 5.41) is 4.43. The van der Waals surface area contributed by atoms with Gasteiger partial charge < -0.3 is 4.57 Å². The zero-order chi connectivity index (χ0) is 18.7. The molecule has 2 aromatic heterocycles. The first-order valence-electron chi connectivity index (χ1n) is 9.92. The maximum Gasteiger partial charge on any atom is 0.123 e. The van der Waals surface area contributed by atoms with Gasteiger partial charge in [0, 0.05) is 49.8 Å². The van der Waals surface area contributed by atoms with Crippen LogP contribution in [-0.4, -0.2) is 55.8 Å². The quantitative estimate of drug-likeness (QED) is 0.763. The predicted octanol–water partition coefficient (Wildman–Crippen LogP) is 3.10. The van der Waals surface area contributed by atoms with Crippen LogP contribution in [0.1, 0.15) is 57.1 Å². The second-order valence-corrected chi connectivity index (χ2v) is 7.96. The summed E-state index contributed by atoms with van der Waals surface area (Å²) < 4.78 is 4.20. The van der Waals surface area contributed by atoms with Gasteiger partial charge >= 0.3 is 0 Å². The molecule has 2 atom stereocenters. The highest BCUT2D eigenvalue weighted by atomic mass is 15.3. The van der Waals surface area contributed by atoms with Gasteiger partial charge in [0.05, 0.1) is 12.7 Å². The van der Waals surface area contributed by atoms with Crippen molar-refractivity contribution in [2.75, 3.05) is 26.7 Å².